The summed E-state index contributed by atoms with van der Waals surface area (Å²) in [6.45, 7) is 4.22. The Morgan fingerprint density at radius 2 is 1.75 bits per heavy atom. The van der Waals surface area contributed by atoms with E-state index in [4.69, 9.17) is 10.2 Å². The molecule has 3 rings (SSSR count). The minimum atomic E-state index is -0.144. The second kappa shape index (κ2) is 5.14. The highest BCUT2D eigenvalue weighted by Crippen LogP contribution is 2.31. The summed E-state index contributed by atoms with van der Waals surface area (Å²) in [5, 5.41) is 2.49. The van der Waals surface area contributed by atoms with Crippen LogP contribution in [0.15, 0.2) is 53.1 Å². The second-order valence-corrected chi connectivity index (χ2v) is 5.15. The van der Waals surface area contributed by atoms with Gasteiger partial charge in [0.1, 0.15) is 5.76 Å². The van der Waals surface area contributed by atoms with E-state index in [9.17, 15) is 0 Å². The minimum absolute atomic E-state index is 0.144. The van der Waals surface area contributed by atoms with Crippen molar-refractivity contribution in [3.63, 3.8) is 0 Å². The topological polar surface area (TPSA) is 39.2 Å². The molecule has 0 saturated carbocycles. The van der Waals surface area contributed by atoms with Crippen molar-refractivity contribution in [3.8, 4) is 0 Å². The van der Waals surface area contributed by atoms with Crippen LogP contribution in [0.4, 0.5) is 0 Å². The maximum Gasteiger partial charge on any atom is 0.108 e. The minimum Gasteiger partial charge on any atom is -0.469 e. The molecule has 2 heteroatoms. The molecule has 0 amide bonds. The van der Waals surface area contributed by atoms with Gasteiger partial charge >= 0.3 is 0 Å². The Kier molecular flexibility index (Phi) is 3.33. The first kappa shape index (κ1) is 12.9. The molecule has 2 N–H and O–H groups in total. The second-order valence-electron chi connectivity index (χ2n) is 5.15. The number of hydrogen-bond donors (Lipinski definition) is 1. The van der Waals surface area contributed by atoms with Crippen molar-refractivity contribution in [2.24, 2.45) is 5.73 Å². The molecule has 1 atom stereocenters. The standard InChI is InChI=1S/C18H19NO/c1-3-17-16(10-11-20-17)18(19)15-9-8-12(2)13-6-4-5-7-14(13)15/h4-11,18H,3,19H2,1-2H3. The highest BCUT2D eigenvalue weighted by Gasteiger charge is 2.17. The molecule has 20 heavy (non-hydrogen) atoms. The molecule has 0 saturated heterocycles. The van der Waals surface area contributed by atoms with Gasteiger partial charge in [-0.3, -0.25) is 0 Å². The molecule has 1 unspecified atom stereocenters. The number of fused-ring (bicyclic) bond motifs is 1. The molecule has 0 aliphatic heterocycles. The summed E-state index contributed by atoms with van der Waals surface area (Å²) in [7, 11) is 0. The SMILES string of the molecule is CCc1occc1C(N)c1ccc(C)c2ccccc12. The monoisotopic (exact) mass is 265 g/mol. The lowest BCUT2D eigenvalue weighted by atomic mass is 9.92. The molecular formula is C18H19NO. The lowest BCUT2D eigenvalue weighted by Gasteiger charge is -2.16. The maximum atomic E-state index is 6.49. The van der Waals surface area contributed by atoms with Gasteiger partial charge < -0.3 is 10.2 Å². The van der Waals surface area contributed by atoms with Gasteiger partial charge in [-0.05, 0) is 34.9 Å². The summed E-state index contributed by atoms with van der Waals surface area (Å²) in [6, 6.07) is 14.5. The van der Waals surface area contributed by atoms with Crippen LogP contribution in [0.5, 0.6) is 0 Å². The largest absolute Gasteiger partial charge is 0.469 e. The number of hydrogen-bond acceptors (Lipinski definition) is 2. The fourth-order valence-electron chi connectivity index (χ4n) is 2.83. The first-order chi connectivity index (χ1) is 9.72. The van der Waals surface area contributed by atoms with E-state index in [-0.39, 0.29) is 6.04 Å². The molecule has 0 radical (unpaired) electrons. The van der Waals surface area contributed by atoms with Crippen LogP contribution in [0, 0.1) is 6.92 Å². The zero-order valence-electron chi connectivity index (χ0n) is 11.9. The average molecular weight is 265 g/mol. The summed E-state index contributed by atoms with van der Waals surface area (Å²) < 4.78 is 5.51. The van der Waals surface area contributed by atoms with Crippen LogP contribution in [0.25, 0.3) is 10.8 Å². The van der Waals surface area contributed by atoms with Gasteiger partial charge in [0.05, 0.1) is 12.3 Å². The molecule has 0 bridgehead atoms. The van der Waals surface area contributed by atoms with Gasteiger partial charge in [0.2, 0.25) is 0 Å². The van der Waals surface area contributed by atoms with Crippen molar-refractivity contribution in [1.82, 2.24) is 0 Å². The fourth-order valence-corrected chi connectivity index (χ4v) is 2.83. The normalized spacial score (nSPS) is 12.8. The van der Waals surface area contributed by atoms with Crippen molar-refractivity contribution in [2.45, 2.75) is 26.3 Å². The summed E-state index contributed by atoms with van der Waals surface area (Å²) >= 11 is 0. The molecule has 2 nitrogen and oxygen atoms in total. The van der Waals surface area contributed by atoms with E-state index in [0.717, 1.165) is 23.3 Å². The summed E-state index contributed by atoms with van der Waals surface area (Å²) in [6.07, 6.45) is 2.59. The average Bonchev–Trinajstić information content (AvgIpc) is 2.96. The third-order valence-electron chi connectivity index (χ3n) is 3.95. The van der Waals surface area contributed by atoms with Crippen LogP contribution < -0.4 is 5.73 Å². The third kappa shape index (κ3) is 2.02. The van der Waals surface area contributed by atoms with Crippen LogP contribution in [-0.4, -0.2) is 0 Å². The van der Waals surface area contributed by atoms with Crippen LogP contribution >= 0.6 is 0 Å². The Labute approximate surface area is 119 Å². The van der Waals surface area contributed by atoms with E-state index in [1.807, 2.05) is 6.07 Å². The van der Waals surface area contributed by atoms with Crippen molar-refractivity contribution in [2.75, 3.05) is 0 Å². The molecule has 1 heterocycles. The Balaban J connectivity index is 2.17. The molecule has 0 spiro atoms. The van der Waals surface area contributed by atoms with Crippen molar-refractivity contribution < 1.29 is 4.42 Å². The lowest BCUT2D eigenvalue weighted by Crippen LogP contribution is -2.13. The van der Waals surface area contributed by atoms with Gasteiger partial charge in [-0.15, -0.1) is 0 Å². The molecule has 2 aromatic carbocycles. The maximum absolute atomic E-state index is 6.49. The van der Waals surface area contributed by atoms with Gasteiger partial charge in [0, 0.05) is 12.0 Å². The highest BCUT2D eigenvalue weighted by atomic mass is 16.3. The van der Waals surface area contributed by atoms with Gasteiger partial charge in [0.15, 0.2) is 0 Å². The number of rotatable bonds is 3. The van der Waals surface area contributed by atoms with Crippen LogP contribution in [0.3, 0.4) is 0 Å². The first-order valence-electron chi connectivity index (χ1n) is 7.02. The number of benzene rings is 2. The van der Waals surface area contributed by atoms with Crippen LogP contribution in [-0.2, 0) is 6.42 Å². The molecule has 0 aliphatic carbocycles. The Bertz CT molecular complexity index is 742. The molecule has 0 aliphatic rings. The van der Waals surface area contributed by atoms with E-state index < -0.39 is 0 Å². The smallest absolute Gasteiger partial charge is 0.108 e. The van der Waals surface area contributed by atoms with Gasteiger partial charge in [-0.2, -0.15) is 0 Å². The van der Waals surface area contributed by atoms with E-state index >= 15 is 0 Å². The van der Waals surface area contributed by atoms with Crippen molar-refractivity contribution in [1.29, 1.82) is 0 Å². The van der Waals surface area contributed by atoms with Crippen LogP contribution in [0.2, 0.25) is 0 Å². The third-order valence-corrected chi connectivity index (χ3v) is 3.95. The zero-order valence-corrected chi connectivity index (χ0v) is 11.9. The predicted octanol–water partition coefficient (Wildman–Crippen LogP) is 4.35. The summed E-state index contributed by atoms with van der Waals surface area (Å²) in [5.41, 5.74) is 10.0. The quantitative estimate of drug-likeness (QED) is 0.764. The number of aryl methyl sites for hydroxylation is 2. The fraction of sp³-hybridized carbons (Fsp3) is 0.222. The summed E-state index contributed by atoms with van der Waals surface area (Å²) in [4.78, 5) is 0. The first-order valence-corrected chi connectivity index (χ1v) is 7.02. The number of furan rings is 1. The van der Waals surface area contributed by atoms with Gasteiger partial charge in [-0.1, -0.05) is 43.3 Å². The highest BCUT2D eigenvalue weighted by molar-refractivity contribution is 5.89. The Hall–Kier alpha value is -2.06. The zero-order chi connectivity index (χ0) is 14.1. The van der Waals surface area contributed by atoms with E-state index in [1.54, 1.807) is 6.26 Å². The van der Waals surface area contributed by atoms with Gasteiger partial charge in [-0.25, -0.2) is 0 Å². The van der Waals surface area contributed by atoms with Crippen LogP contribution in [0.1, 0.15) is 35.4 Å². The molecule has 1 aromatic heterocycles. The van der Waals surface area contributed by atoms with Crippen molar-refractivity contribution in [3.05, 3.63) is 71.2 Å². The predicted molar refractivity (Wildman–Crippen MR) is 82.8 cm³/mol. The summed E-state index contributed by atoms with van der Waals surface area (Å²) in [5.74, 6) is 0.974. The molecule has 102 valence electrons. The lowest BCUT2D eigenvalue weighted by molar-refractivity contribution is 0.509. The molecular weight excluding hydrogens is 246 g/mol. The Morgan fingerprint density at radius 1 is 1.00 bits per heavy atom. The molecule has 3 aromatic rings. The molecule has 0 fully saturated rings. The van der Waals surface area contributed by atoms with Crippen molar-refractivity contribution >= 4 is 10.8 Å². The number of nitrogens with two attached hydrogens (primary N) is 1. The van der Waals surface area contributed by atoms with E-state index in [0.29, 0.717) is 0 Å². The Morgan fingerprint density at radius 3 is 2.50 bits per heavy atom. The van der Waals surface area contributed by atoms with E-state index in [2.05, 4.69) is 50.2 Å². The van der Waals surface area contributed by atoms with Gasteiger partial charge in [0.25, 0.3) is 0 Å². The van der Waals surface area contributed by atoms with E-state index in [1.165, 1.54) is 16.3 Å².